The van der Waals surface area contributed by atoms with Gasteiger partial charge in [-0.3, -0.25) is 0 Å². The van der Waals surface area contributed by atoms with Crippen molar-refractivity contribution < 1.29 is 9.47 Å². The minimum absolute atomic E-state index is 0.650. The SMILES string of the molecule is S=c1sc(=C2SC3=C(OCCO3)S2)sc1=C1SC2=C(S1)[Se]CC[Se]2. The normalized spacial score (nSPS) is 23.3. The molecule has 1 aromatic heterocycles. The van der Waals surface area contributed by atoms with Crippen molar-refractivity contribution in [3.63, 3.8) is 0 Å². The maximum atomic E-state index is 5.70. The molecule has 11 heteroatoms. The van der Waals surface area contributed by atoms with Crippen LogP contribution >= 0.6 is 81.9 Å². The van der Waals surface area contributed by atoms with Gasteiger partial charge < -0.3 is 0 Å². The molecular weight excluding hydrogens is 571 g/mol. The van der Waals surface area contributed by atoms with Crippen LogP contribution in [0, 0.1) is 3.82 Å². The molecule has 2 nitrogen and oxygen atoms in total. The predicted octanol–water partition coefficient (Wildman–Crippen LogP) is 4.19. The van der Waals surface area contributed by atoms with Gasteiger partial charge in [0.1, 0.15) is 0 Å². The first-order chi connectivity index (χ1) is 11.8. The minimum atomic E-state index is 0.650. The molecule has 0 saturated heterocycles. The van der Waals surface area contributed by atoms with Crippen molar-refractivity contribution in [2.45, 2.75) is 10.6 Å². The Morgan fingerprint density at radius 2 is 1.42 bits per heavy atom. The summed E-state index contributed by atoms with van der Waals surface area (Å²) in [6.07, 6.45) is 0. The molecular formula is C13H8O2S7Se2. The number of ether oxygens (including phenoxy) is 2. The van der Waals surface area contributed by atoms with Crippen molar-refractivity contribution in [3.05, 3.63) is 30.0 Å². The van der Waals surface area contributed by atoms with Gasteiger partial charge in [0.15, 0.2) is 0 Å². The Morgan fingerprint density at radius 3 is 2.04 bits per heavy atom. The van der Waals surface area contributed by atoms with E-state index in [-0.39, 0.29) is 0 Å². The van der Waals surface area contributed by atoms with E-state index in [1.54, 1.807) is 42.5 Å². The molecule has 0 saturated carbocycles. The van der Waals surface area contributed by atoms with Gasteiger partial charge in [0, 0.05) is 0 Å². The first-order valence-electron chi connectivity index (χ1n) is 6.87. The van der Waals surface area contributed by atoms with Crippen LogP contribution in [0.15, 0.2) is 17.8 Å². The van der Waals surface area contributed by atoms with Crippen molar-refractivity contribution in [3.8, 4) is 0 Å². The van der Waals surface area contributed by atoms with Gasteiger partial charge in [0.05, 0.1) is 0 Å². The molecule has 0 spiro atoms. The van der Waals surface area contributed by atoms with Gasteiger partial charge in [0.25, 0.3) is 0 Å². The Morgan fingerprint density at radius 1 is 0.792 bits per heavy atom. The zero-order valence-corrected chi connectivity index (χ0v) is 21.0. The van der Waals surface area contributed by atoms with Crippen LogP contribution in [0.5, 0.6) is 0 Å². The number of rotatable bonds is 0. The van der Waals surface area contributed by atoms with Crippen LogP contribution in [0.3, 0.4) is 0 Å². The topological polar surface area (TPSA) is 18.5 Å². The second-order valence-corrected chi connectivity index (χ2v) is 17.9. The molecule has 0 radical (unpaired) electrons. The van der Waals surface area contributed by atoms with Crippen molar-refractivity contribution in [1.29, 1.82) is 0 Å². The Hall–Kier alpha value is 1.53. The summed E-state index contributed by atoms with van der Waals surface area (Å²) in [5, 5.41) is 4.70. The average molecular weight is 579 g/mol. The summed E-state index contributed by atoms with van der Waals surface area (Å²) in [5.41, 5.74) is 0. The Kier molecular flexibility index (Phi) is 5.51. The standard InChI is InChI=1S/C13H8O2S7Se2/c16-8-5(9-21-12-13(22-9)24-4-3-23-12)17-10(20-8)11-18-6-7(19-11)15-2-1-14-6/h1-4H2. The monoisotopic (exact) mass is 580 g/mol. The first-order valence-corrected chi connectivity index (χ1v) is 16.3. The van der Waals surface area contributed by atoms with Crippen molar-refractivity contribution >= 4 is 120 Å². The molecule has 5 heterocycles. The van der Waals surface area contributed by atoms with Gasteiger partial charge in [0.2, 0.25) is 0 Å². The molecule has 0 atom stereocenters. The summed E-state index contributed by atoms with van der Waals surface area (Å²) in [5.74, 6) is 0. The predicted molar refractivity (Wildman–Crippen MR) is 117 cm³/mol. The fraction of sp³-hybridized carbons (Fsp3) is 0.308. The van der Waals surface area contributed by atoms with E-state index >= 15 is 0 Å². The molecule has 4 aliphatic rings. The van der Waals surface area contributed by atoms with Crippen LogP contribution in [-0.4, -0.2) is 43.1 Å². The zero-order valence-electron chi connectivity index (χ0n) is 11.8. The van der Waals surface area contributed by atoms with E-state index in [0.717, 1.165) is 14.0 Å². The molecule has 24 heavy (non-hydrogen) atoms. The van der Waals surface area contributed by atoms with Gasteiger partial charge in [-0.15, -0.1) is 0 Å². The van der Waals surface area contributed by atoms with E-state index in [0.29, 0.717) is 43.1 Å². The average Bonchev–Trinajstić information content (AvgIpc) is 3.29. The molecule has 5 rings (SSSR count). The molecule has 0 bridgehead atoms. The molecule has 126 valence electrons. The van der Waals surface area contributed by atoms with Gasteiger partial charge in [-0.05, 0) is 0 Å². The molecule has 0 amide bonds. The summed E-state index contributed by atoms with van der Waals surface area (Å²) in [6.45, 7) is 1.30. The zero-order chi connectivity index (χ0) is 16.1. The molecule has 0 aromatic carbocycles. The first kappa shape index (κ1) is 17.6. The fourth-order valence-electron chi connectivity index (χ4n) is 2.11. The number of hydrogen-bond donors (Lipinski definition) is 0. The molecule has 0 unspecified atom stereocenters. The second kappa shape index (κ2) is 7.51. The summed E-state index contributed by atoms with van der Waals surface area (Å²) >= 11 is 18.1. The summed E-state index contributed by atoms with van der Waals surface area (Å²) in [7, 11) is 0. The van der Waals surface area contributed by atoms with E-state index in [2.05, 4.69) is 0 Å². The van der Waals surface area contributed by atoms with Crippen LogP contribution in [0.4, 0.5) is 0 Å². The molecule has 0 aliphatic carbocycles. The van der Waals surface area contributed by atoms with Crippen LogP contribution in [0.25, 0.3) is 8.47 Å². The van der Waals surface area contributed by atoms with E-state index in [1.807, 2.05) is 34.9 Å². The molecule has 0 fully saturated rings. The molecule has 4 aliphatic heterocycles. The third-order valence-corrected chi connectivity index (χ3v) is 19.9. The Bertz CT molecular complexity index is 918. The maximum absolute atomic E-state index is 5.70. The van der Waals surface area contributed by atoms with E-state index in [4.69, 9.17) is 21.7 Å². The fourth-order valence-corrected chi connectivity index (χ4v) is 19.4. The van der Waals surface area contributed by atoms with Gasteiger partial charge in [-0.2, -0.15) is 0 Å². The molecule has 0 N–H and O–H groups in total. The number of hydrogen-bond acceptors (Lipinski definition) is 9. The van der Waals surface area contributed by atoms with Crippen LogP contribution in [-0.2, 0) is 9.47 Å². The van der Waals surface area contributed by atoms with E-state index in [1.165, 1.54) is 27.5 Å². The molecule has 1 aromatic rings. The van der Waals surface area contributed by atoms with Crippen molar-refractivity contribution in [2.24, 2.45) is 0 Å². The van der Waals surface area contributed by atoms with Crippen LogP contribution in [0.1, 0.15) is 0 Å². The number of thioether (sulfide) groups is 4. The van der Waals surface area contributed by atoms with Gasteiger partial charge >= 0.3 is 184 Å². The quantitative estimate of drug-likeness (QED) is 0.335. The van der Waals surface area contributed by atoms with Gasteiger partial charge in [-0.1, -0.05) is 0 Å². The van der Waals surface area contributed by atoms with Crippen molar-refractivity contribution in [1.82, 2.24) is 0 Å². The Labute approximate surface area is 181 Å². The van der Waals surface area contributed by atoms with E-state index < -0.39 is 0 Å². The van der Waals surface area contributed by atoms with Crippen molar-refractivity contribution in [2.75, 3.05) is 13.2 Å². The third-order valence-electron chi connectivity index (χ3n) is 3.09. The summed E-state index contributed by atoms with van der Waals surface area (Å²) in [4.78, 5) is 0. The second-order valence-electron chi connectivity index (χ2n) is 4.64. The van der Waals surface area contributed by atoms with Crippen LogP contribution in [0.2, 0.25) is 10.6 Å². The van der Waals surface area contributed by atoms with E-state index in [9.17, 15) is 0 Å². The summed E-state index contributed by atoms with van der Waals surface area (Å²) < 4.78 is 21.1. The summed E-state index contributed by atoms with van der Waals surface area (Å²) in [6, 6.07) is 0. The van der Waals surface area contributed by atoms with Crippen LogP contribution < -0.4 is 8.38 Å². The third kappa shape index (κ3) is 3.37. The van der Waals surface area contributed by atoms with Gasteiger partial charge in [-0.25, -0.2) is 0 Å². The Balaban J connectivity index is 1.52.